The summed E-state index contributed by atoms with van der Waals surface area (Å²) in [5.74, 6) is 0.552. The first-order valence-corrected chi connectivity index (χ1v) is 7.44. The number of carbonyl (C=O) groups is 1. The Morgan fingerprint density at radius 3 is 2.57 bits per heavy atom. The molecule has 4 heteroatoms. The molecule has 0 aliphatic carbocycles. The van der Waals surface area contributed by atoms with Crippen LogP contribution in [0.2, 0.25) is 0 Å². The average molecular weight is 283 g/mol. The molecule has 0 saturated carbocycles. The van der Waals surface area contributed by atoms with Crippen LogP contribution in [0, 0.1) is 11.8 Å². The van der Waals surface area contributed by atoms with E-state index in [-0.39, 0.29) is 5.97 Å². The molecule has 0 saturated heterocycles. The van der Waals surface area contributed by atoms with Gasteiger partial charge >= 0.3 is 5.97 Å². The lowest BCUT2D eigenvalue weighted by atomic mass is 9.95. The number of carbonyl (C=O) groups excluding carboxylic acids is 1. The summed E-state index contributed by atoms with van der Waals surface area (Å²) in [5, 5.41) is 0.901. The Hall–Kier alpha value is -1.71. The van der Waals surface area contributed by atoms with E-state index in [1.54, 1.807) is 0 Å². The second-order valence-electron chi connectivity index (χ2n) is 6.36. The Kier molecular flexibility index (Phi) is 4.76. The first-order chi connectivity index (χ1) is 9.88. The number of ether oxygens (including phenoxy) is 1. The highest BCUT2D eigenvalue weighted by atomic mass is 16.5. The number of rotatable bonds is 5. The van der Waals surface area contributed by atoms with Crippen LogP contribution < -0.4 is 5.46 Å². The molecule has 2 aromatic rings. The number of hydrogen-bond donors (Lipinski definition) is 0. The van der Waals surface area contributed by atoms with Gasteiger partial charge in [-0.15, -0.1) is 0 Å². The standard InChI is InChI=1S/C17H22BNO2/c1-11(2)8-19-9-15(17(20)21-10-12(3)4)14-6-5-13(18)7-16(14)19/h5-7,9,11-12H,8,10H2,1-4H3. The highest BCUT2D eigenvalue weighted by molar-refractivity contribution is 6.33. The third kappa shape index (κ3) is 3.69. The van der Waals surface area contributed by atoms with Gasteiger partial charge in [0, 0.05) is 23.6 Å². The summed E-state index contributed by atoms with van der Waals surface area (Å²) in [5.41, 5.74) is 2.30. The van der Waals surface area contributed by atoms with Crippen molar-refractivity contribution in [1.29, 1.82) is 0 Å². The van der Waals surface area contributed by atoms with Gasteiger partial charge in [0.15, 0.2) is 0 Å². The van der Waals surface area contributed by atoms with Crippen molar-refractivity contribution in [1.82, 2.24) is 4.57 Å². The summed E-state index contributed by atoms with van der Waals surface area (Å²) in [6, 6.07) is 5.63. The van der Waals surface area contributed by atoms with E-state index in [0.29, 0.717) is 29.5 Å². The van der Waals surface area contributed by atoms with E-state index in [4.69, 9.17) is 12.6 Å². The summed E-state index contributed by atoms with van der Waals surface area (Å²) in [6.07, 6.45) is 1.88. The maximum Gasteiger partial charge on any atom is 0.340 e. The Morgan fingerprint density at radius 1 is 1.24 bits per heavy atom. The van der Waals surface area contributed by atoms with E-state index in [2.05, 4.69) is 18.4 Å². The topological polar surface area (TPSA) is 31.2 Å². The van der Waals surface area contributed by atoms with Crippen LogP contribution in [-0.2, 0) is 11.3 Å². The largest absolute Gasteiger partial charge is 0.462 e. The fourth-order valence-electron chi connectivity index (χ4n) is 2.34. The van der Waals surface area contributed by atoms with Gasteiger partial charge in [-0.3, -0.25) is 0 Å². The molecule has 0 atom stereocenters. The molecule has 0 amide bonds. The molecule has 0 aliphatic rings. The van der Waals surface area contributed by atoms with Gasteiger partial charge in [0.2, 0.25) is 0 Å². The Balaban J connectivity index is 2.41. The predicted octanol–water partition coefficient (Wildman–Crippen LogP) is 2.90. The van der Waals surface area contributed by atoms with Gasteiger partial charge in [-0.25, -0.2) is 4.79 Å². The summed E-state index contributed by atoms with van der Waals surface area (Å²) in [6.45, 7) is 9.62. The molecular weight excluding hydrogens is 261 g/mol. The molecule has 110 valence electrons. The van der Waals surface area contributed by atoms with E-state index in [0.717, 1.165) is 17.4 Å². The van der Waals surface area contributed by atoms with Crippen LogP contribution in [0.5, 0.6) is 0 Å². The maximum atomic E-state index is 12.3. The molecule has 1 aromatic carbocycles. The minimum absolute atomic E-state index is 0.263. The van der Waals surface area contributed by atoms with Gasteiger partial charge in [0.25, 0.3) is 0 Å². The lowest BCUT2D eigenvalue weighted by molar-refractivity contribution is 0.0461. The average Bonchev–Trinajstić information content (AvgIpc) is 2.73. The summed E-state index contributed by atoms with van der Waals surface area (Å²) < 4.78 is 7.45. The molecule has 0 fully saturated rings. The minimum atomic E-state index is -0.263. The van der Waals surface area contributed by atoms with Crippen LogP contribution in [-0.4, -0.2) is 25.0 Å². The van der Waals surface area contributed by atoms with Crippen LogP contribution in [0.25, 0.3) is 10.9 Å². The van der Waals surface area contributed by atoms with Gasteiger partial charge in [-0.2, -0.15) is 0 Å². The number of nitrogens with zero attached hydrogens (tertiary/aromatic N) is 1. The molecule has 0 N–H and O–H groups in total. The third-order valence-electron chi connectivity index (χ3n) is 3.24. The summed E-state index contributed by atoms with van der Waals surface area (Å²) in [7, 11) is 5.88. The van der Waals surface area contributed by atoms with Gasteiger partial charge in [0.1, 0.15) is 7.85 Å². The van der Waals surface area contributed by atoms with E-state index in [1.165, 1.54) is 0 Å². The van der Waals surface area contributed by atoms with Crippen molar-refractivity contribution in [3.8, 4) is 0 Å². The lowest BCUT2D eigenvalue weighted by Crippen LogP contribution is -2.10. The predicted molar refractivity (Wildman–Crippen MR) is 87.3 cm³/mol. The molecule has 0 spiro atoms. The maximum absolute atomic E-state index is 12.3. The minimum Gasteiger partial charge on any atom is -0.462 e. The van der Waals surface area contributed by atoms with Gasteiger partial charge in [-0.05, 0) is 17.9 Å². The van der Waals surface area contributed by atoms with Crippen molar-refractivity contribution >= 4 is 30.2 Å². The second-order valence-corrected chi connectivity index (χ2v) is 6.36. The van der Waals surface area contributed by atoms with Crippen molar-refractivity contribution in [2.45, 2.75) is 34.2 Å². The van der Waals surface area contributed by atoms with Crippen LogP contribution >= 0.6 is 0 Å². The molecule has 2 radical (unpaired) electrons. The van der Waals surface area contributed by atoms with E-state index in [1.807, 2.05) is 38.2 Å². The van der Waals surface area contributed by atoms with Crippen molar-refractivity contribution in [2.75, 3.05) is 6.61 Å². The fraction of sp³-hybridized carbons (Fsp3) is 0.471. The highest BCUT2D eigenvalue weighted by Gasteiger charge is 2.17. The number of esters is 1. The van der Waals surface area contributed by atoms with Gasteiger partial charge < -0.3 is 9.30 Å². The number of hydrogen-bond acceptors (Lipinski definition) is 2. The zero-order valence-electron chi connectivity index (χ0n) is 13.2. The molecular formula is C17H22BNO2. The Labute approximate surface area is 127 Å². The monoisotopic (exact) mass is 283 g/mol. The quantitative estimate of drug-likeness (QED) is 0.624. The van der Waals surface area contributed by atoms with Gasteiger partial charge in [-0.1, -0.05) is 45.3 Å². The number of fused-ring (bicyclic) bond motifs is 1. The van der Waals surface area contributed by atoms with Crippen molar-refractivity contribution in [3.05, 3.63) is 30.0 Å². The summed E-state index contributed by atoms with van der Waals surface area (Å²) >= 11 is 0. The molecule has 0 aliphatic heterocycles. The lowest BCUT2D eigenvalue weighted by Gasteiger charge is -2.08. The SMILES string of the molecule is [B]c1ccc2c(C(=O)OCC(C)C)cn(CC(C)C)c2c1. The zero-order valence-corrected chi connectivity index (χ0v) is 13.2. The first kappa shape index (κ1) is 15.7. The van der Waals surface area contributed by atoms with Gasteiger partial charge in [0.05, 0.1) is 12.2 Å². The summed E-state index contributed by atoms with van der Waals surface area (Å²) in [4.78, 5) is 12.3. The smallest absolute Gasteiger partial charge is 0.340 e. The Morgan fingerprint density at radius 2 is 1.95 bits per heavy atom. The van der Waals surface area contributed by atoms with Crippen molar-refractivity contribution in [2.24, 2.45) is 11.8 Å². The second kappa shape index (κ2) is 6.38. The Bertz CT molecular complexity index is 644. The van der Waals surface area contributed by atoms with Crippen molar-refractivity contribution < 1.29 is 9.53 Å². The van der Waals surface area contributed by atoms with E-state index < -0.39 is 0 Å². The molecule has 21 heavy (non-hydrogen) atoms. The van der Waals surface area contributed by atoms with E-state index >= 15 is 0 Å². The molecule has 1 heterocycles. The molecule has 0 bridgehead atoms. The molecule has 1 aromatic heterocycles. The van der Waals surface area contributed by atoms with Crippen LogP contribution in [0.3, 0.4) is 0 Å². The van der Waals surface area contributed by atoms with E-state index in [9.17, 15) is 4.79 Å². The number of aromatic nitrogens is 1. The fourth-order valence-corrected chi connectivity index (χ4v) is 2.34. The van der Waals surface area contributed by atoms with Crippen LogP contribution in [0.1, 0.15) is 38.1 Å². The molecule has 3 nitrogen and oxygen atoms in total. The molecule has 2 rings (SSSR count). The normalized spacial score (nSPS) is 11.5. The first-order valence-electron chi connectivity index (χ1n) is 7.44. The van der Waals surface area contributed by atoms with Crippen LogP contribution in [0.4, 0.5) is 0 Å². The van der Waals surface area contributed by atoms with Crippen LogP contribution in [0.15, 0.2) is 24.4 Å². The zero-order chi connectivity index (χ0) is 15.6. The highest BCUT2D eigenvalue weighted by Crippen LogP contribution is 2.22. The number of benzene rings is 1. The van der Waals surface area contributed by atoms with Crippen molar-refractivity contribution in [3.63, 3.8) is 0 Å². The third-order valence-corrected chi connectivity index (χ3v) is 3.24. The molecule has 0 unspecified atom stereocenters.